The van der Waals surface area contributed by atoms with Crippen LogP contribution < -0.4 is 0 Å². The van der Waals surface area contributed by atoms with E-state index in [1.54, 1.807) is 17.0 Å². The Morgan fingerprint density at radius 3 is 3.00 bits per heavy atom. The summed E-state index contributed by atoms with van der Waals surface area (Å²) in [6, 6.07) is 4.71. The second kappa shape index (κ2) is 7.04. The summed E-state index contributed by atoms with van der Waals surface area (Å²) in [5.41, 5.74) is 1.03. The van der Waals surface area contributed by atoms with Crippen molar-refractivity contribution in [2.45, 2.75) is 13.0 Å². The van der Waals surface area contributed by atoms with Crippen molar-refractivity contribution in [1.82, 2.24) is 4.90 Å². The molecule has 2 rings (SSSR count). The van der Waals surface area contributed by atoms with E-state index in [-0.39, 0.29) is 31.5 Å². The van der Waals surface area contributed by atoms with Gasteiger partial charge in [-0.3, -0.25) is 4.79 Å². The third kappa shape index (κ3) is 3.80. The average molecular weight is 277 g/mol. The molecule has 1 N–H and O–H groups in total. The highest BCUT2D eigenvalue weighted by Crippen LogP contribution is 2.14. The van der Waals surface area contributed by atoms with Gasteiger partial charge in [-0.1, -0.05) is 17.9 Å². The Bertz CT molecular complexity index is 548. The van der Waals surface area contributed by atoms with Crippen molar-refractivity contribution in [1.29, 1.82) is 0 Å². The van der Waals surface area contributed by atoms with Crippen molar-refractivity contribution in [3.05, 3.63) is 35.1 Å². The van der Waals surface area contributed by atoms with Crippen molar-refractivity contribution in [2.75, 3.05) is 26.4 Å². The molecule has 0 spiro atoms. The molecule has 5 heteroatoms. The van der Waals surface area contributed by atoms with Gasteiger partial charge in [0.25, 0.3) is 0 Å². The van der Waals surface area contributed by atoms with Crippen LogP contribution in [0.3, 0.4) is 0 Å². The fraction of sp³-hybridized carbons (Fsp3) is 0.400. The molecule has 1 aliphatic rings. The summed E-state index contributed by atoms with van der Waals surface area (Å²) in [6.07, 6.45) is 0.367. The molecule has 1 fully saturated rings. The number of carbonyl (C=O) groups excluding carboxylic acids is 1. The molecule has 0 aliphatic carbocycles. The van der Waals surface area contributed by atoms with Crippen LogP contribution in [0, 0.1) is 17.7 Å². The van der Waals surface area contributed by atoms with Gasteiger partial charge in [0.2, 0.25) is 5.91 Å². The van der Waals surface area contributed by atoms with Gasteiger partial charge in [-0.15, -0.1) is 0 Å². The van der Waals surface area contributed by atoms with Gasteiger partial charge in [0.1, 0.15) is 12.4 Å². The predicted octanol–water partition coefficient (Wildman–Crippen LogP) is 0.918. The molecule has 0 atom stereocenters. The zero-order chi connectivity index (χ0) is 14.4. The van der Waals surface area contributed by atoms with Gasteiger partial charge in [0, 0.05) is 30.6 Å². The number of hydrogen-bond donors (Lipinski definition) is 1. The maximum absolute atomic E-state index is 14.0. The Kier molecular flexibility index (Phi) is 5.10. The first kappa shape index (κ1) is 14.5. The summed E-state index contributed by atoms with van der Waals surface area (Å²) in [4.78, 5) is 13.2. The molecule has 1 aliphatic heterocycles. The second-order valence-corrected chi connectivity index (χ2v) is 4.45. The molecular weight excluding hydrogens is 261 g/mol. The van der Waals surface area contributed by atoms with Gasteiger partial charge in [-0.05, 0) is 12.1 Å². The Hall–Kier alpha value is -1.90. The van der Waals surface area contributed by atoms with Crippen LogP contribution in [0.5, 0.6) is 0 Å². The molecule has 0 unspecified atom stereocenters. The number of hydrogen-bond acceptors (Lipinski definition) is 3. The average Bonchev–Trinajstić information content (AvgIpc) is 2.44. The summed E-state index contributed by atoms with van der Waals surface area (Å²) in [6.45, 7) is 1.27. The van der Waals surface area contributed by atoms with E-state index in [4.69, 9.17) is 9.84 Å². The second-order valence-electron chi connectivity index (χ2n) is 4.45. The van der Waals surface area contributed by atoms with Crippen LogP contribution in [0.15, 0.2) is 18.2 Å². The van der Waals surface area contributed by atoms with Crippen LogP contribution >= 0.6 is 0 Å². The first-order valence-corrected chi connectivity index (χ1v) is 6.44. The Balaban J connectivity index is 2.06. The number of aliphatic hydroxyl groups is 1. The first-order chi connectivity index (χ1) is 9.70. The quantitative estimate of drug-likeness (QED) is 0.836. The zero-order valence-electron chi connectivity index (χ0n) is 11.1. The van der Waals surface area contributed by atoms with Crippen molar-refractivity contribution in [3.63, 3.8) is 0 Å². The van der Waals surface area contributed by atoms with Gasteiger partial charge in [0.15, 0.2) is 0 Å². The highest BCUT2D eigenvalue weighted by Gasteiger charge is 2.19. The normalized spacial score (nSPS) is 14.9. The van der Waals surface area contributed by atoms with Crippen LogP contribution in [0.1, 0.15) is 17.5 Å². The molecule has 0 saturated carbocycles. The number of amides is 1. The van der Waals surface area contributed by atoms with Crippen LogP contribution in [0.25, 0.3) is 0 Å². The smallest absolute Gasteiger partial charge is 0.248 e. The van der Waals surface area contributed by atoms with Crippen LogP contribution in [-0.2, 0) is 16.1 Å². The number of halogens is 1. The van der Waals surface area contributed by atoms with Gasteiger partial charge in [0.05, 0.1) is 13.2 Å². The van der Waals surface area contributed by atoms with Crippen LogP contribution in [-0.4, -0.2) is 42.3 Å². The lowest BCUT2D eigenvalue weighted by Crippen LogP contribution is -2.41. The molecule has 0 bridgehead atoms. The van der Waals surface area contributed by atoms with Crippen molar-refractivity contribution in [2.24, 2.45) is 0 Å². The minimum atomic E-state index is -0.375. The SMILES string of the molecule is O=C1COCCN1Cc1ccc(C#CCCO)cc1F. The maximum atomic E-state index is 14.0. The van der Waals surface area contributed by atoms with Crippen molar-refractivity contribution in [3.8, 4) is 11.8 Å². The number of morpholine rings is 1. The third-order valence-electron chi connectivity index (χ3n) is 2.97. The van der Waals surface area contributed by atoms with E-state index in [9.17, 15) is 9.18 Å². The topological polar surface area (TPSA) is 49.8 Å². The summed E-state index contributed by atoms with van der Waals surface area (Å²) in [7, 11) is 0. The molecule has 1 aromatic carbocycles. The monoisotopic (exact) mass is 277 g/mol. The summed E-state index contributed by atoms with van der Waals surface area (Å²) in [5.74, 6) is 5.02. The molecule has 4 nitrogen and oxygen atoms in total. The number of nitrogens with zero attached hydrogens (tertiary/aromatic N) is 1. The molecule has 20 heavy (non-hydrogen) atoms. The molecule has 1 aromatic rings. The van der Waals surface area contributed by atoms with E-state index in [1.807, 2.05) is 0 Å². The molecule has 0 aromatic heterocycles. The van der Waals surface area contributed by atoms with Gasteiger partial charge < -0.3 is 14.7 Å². The largest absolute Gasteiger partial charge is 0.395 e. The Morgan fingerprint density at radius 2 is 2.30 bits per heavy atom. The van der Waals surface area contributed by atoms with Gasteiger partial charge in [-0.2, -0.15) is 0 Å². The fourth-order valence-electron chi connectivity index (χ4n) is 1.90. The minimum Gasteiger partial charge on any atom is -0.395 e. The van der Waals surface area contributed by atoms with E-state index in [0.717, 1.165) is 0 Å². The molecule has 0 radical (unpaired) electrons. The highest BCUT2D eigenvalue weighted by molar-refractivity contribution is 5.78. The molecule has 106 valence electrons. The zero-order valence-corrected chi connectivity index (χ0v) is 11.1. The first-order valence-electron chi connectivity index (χ1n) is 6.44. The predicted molar refractivity (Wildman–Crippen MR) is 71.2 cm³/mol. The number of carbonyl (C=O) groups is 1. The Labute approximate surface area is 117 Å². The number of ether oxygens (including phenoxy) is 1. The maximum Gasteiger partial charge on any atom is 0.248 e. The van der Waals surface area contributed by atoms with E-state index >= 15 is 0 Å². The van der Waals surface area contributed by atoms with Gasteiger partial charge in [-0.25, -0.2) is 4.39 Å². The molecule has 1 saturated heterocycles. The molecular formula is C15H16FNO3. The Morgan fingerprint density at radius 1 is 1.45 bits per heavy atom. The van der Waals surface area contributed by atoms with Crippen LogP contribution in [0.2, 0.25) is 0 Å². The van der Waals surface area contributed by atoms with E-state index in [0.29, 0.717) is 30.7 Å². The molecule has 1 amide bonds. The summed E-state index contributed by atoms with van der Waals surface area (Å²) in [5, 5.41) is 8.63. The number of aliphatic hydroxyl groups excluding tert-OH is 1. The van der Waals surface area contributed by atoms with E-state index in [2.05, 4.69) is 11.8 Å². The standard InChI is InChI=1S/C15H16FNO3/c16-14-9-12(3-1-2-7-18)4-5-13(14)10-17-6-8-20-11-15(17)19/h4-5,9,18H,2,6-8,10-11H2. The minimum absolute atomic E-state index is 0.00723. The highest BCUT2D eigenvalue weighted by atomic mass is 19.1. The number of benzene rings is 1. The lowest BCUT2D eigenvalue weighted by atomic mass is 10.1. The third-order valence-corrected chi connectivity index (χ3v) is 2.97. The summed E-state index contributed by atoms with van der Waals surface area (Å²) >= 11 is 0. The van der Waals surface area contributed by atoms with Crippen molar-refractivity contribution < 1.29 is 19.0 Å². The van der Waals surface area contributed by atoms with Crippen LogP contribution in [0.4, 0.5) is 4.39 Å². The van der Waals surface area contributed by atoms with E-state index < -0.39 is 0 Å². The summed E-state index contributed by atoms with van der Waals surface area (Å²) < 4.78 is 19.0. The van der Waals surface area contributed by atoms with Gasteiger partial charge >= 0.3 is 0 Å². The fourth-order valence-corrected chi connectivity index (χ4v) is 1.90. The van der Waals surface area contributed by atoms with Crippen molar-refractivity contribution >= 4 is 5.91 Å². The lowest BCUT2D eigenvalue weighted by molar-refractivity contribution is -0.143. The number of rotatable bonds is 3. The lowest BCUT2D eigenvalue weighted by Gasteiger charge is -2.26. The van der Waals surface area contributed by atoms with E-state index in [1.165, 1.54) is 6.07 Å². The molecule has 1 heterocycles.